The maximum absolute atomic E-state index is 12.0. The Morgan fingerprint density at radius 2 is 2.08 bits per heavy atom. The molecule has 3 rings (SSSR count). The van der Waals surface area contributed by atoms with Gasteiger partial charge < -0.3 is 15.1 Å². The number of amides is 2. The molecular formula is C18H17N3O3S. The molecule has 2 N–H and O–H groups in total. The van der Waals surface area contributed by atoms with Crippen molar-refractivity contribution in [1.82, 2.24) is 10.3 Å². The van der Waals surface area contributed by atoms with Crippen LogP contribution in [0.1, 0.15) is 21.7 Å². The van der Waals surface area contributed by atoms with Gasteiger partial charge in [-0.15, -0.1) is 11.3 Å². The second kappa shape index (κ2) is 7.31. The molecule has 6 nitrogen and oxygen atoms in total. The Hall–Kier alpha value is -2.93. The Balaban J connectivity index is 1.60. The lowest BCUT2D eigenvalue weighted by atomic mass is 10.0. The summed E-state index contributed by atoms with van der Waals surface area (Å²) < 4.78 is 4.96. The van der Waals surface area contributed by atoms with Crippen molar-refractivity contribution in [2.45, 2.75) is 13.8 Å². The molecule has 0 unspecified atom stereocenters. The number of rotatable bonds is 5. The van der Waals surface area contributed by atoms with Crippen LogP contribution in [0.3, 0.4) is 0 Å². The molecule has 0 aliphatic carbocycles. The molecule has 0 aliphatic heterocycles. The summed E-state index contributed by atoms with van der Waals surface area (Å²) in [5.41, 5.74) is 4.14. The standard InChI is InChI=1S/C18H17N3O3S/c1-11-5-6-12(2)13(8-11)14-10-25-18(20-14)21-16(22)9-19-17(23)15-4-3-7-24-15/h3-8,10H,9H2,1-2H3,(H,19,23)(H,20,21,22). The number of furan rings is 1. The Morgan fingerprint density at radius 1 is 1.24 bits per heavy atom. The molecule has 2 heterocycles. The Kier molecular flexibility index (Phi) is 4.95. The number of nitrogens with one attached hydrogen (secondary N) is 2. The smallest absolute Gasteiger partial charge is 0.287 e. The lowest BCUT2D eigenvalue weighted by Crippen LogP contribution is -2.32. The molecule has 0 fully saturated rings. The van der Waals surface area contributed by atoms with E-state index in [9.17, 15) is 9.59 Å². The predicted octanol–water partition coefficient (Wildman–Crippen LogP) is 3.39. The van der Waals surface area contributed by atoms with Crippen LogP contribution in [0.4, 0.5) is 5.13 Å². The van der Waals surface area contributed by atoms with Gasteiger partial charge in [-0.1, -0.05) is 17.7 Å². The van der Waals surface area contributed by atoms with E-state index in [4.69, 9.17) is 4.42 Å². The van der Waals surface area contributed by atoms with Gasteiger partial charge in [0, 0.05) is 10.9 Å². The molecule has 0 bridgehead atoms. The molecule has 1 aromatic carbocycles. The monoisotopic (exact) mass is 355 g/mol. The van der Waals surface area contributed by atoms with E-state index in [0.29, 0.717) is 5.13 Å². The molecule has 0 spiro atoms. The molecule has 128 valence electrons. The zero-order chi connectivity index (χ0) is 17.8. The van der Waals surface area contributed by atoms with Crippen LogP contribution >= 0.6 is 11.3 Å². The van der Waals surface area contributed by atoms with Crippen LogP contribution in [-0.2, 0) is 4.79 Å². The molecule has 3 aromatic rings. The van der Waals surface area contributed by atoms with Crippen molar-refractivity contribution in [3.8, 4) is 11.3 Å². The molecule has 7 heteroatoms. The minimum absolute atomic E-state index is 0.155. The first kappa shape index (κ1) is 16.9. The van der Waals surface area contributed by atoms with Gasteiger partial charge in [-0.25, -0.2) is 4.98 Å². The number of hydrogen-bond donors (Lipinski definition) is 2. The van der Waals surface area contributed by atoms with Gasteiger partial charge in [0.15, 0.2) is 10.9 Å². The number of nitrogens with zero attached hydrogens (tertiary/aromatic N) is 1. The van der Waals surface area contributed by atoms with E-state index in [1.54, 1.807) is 6.07 Å². The molecule has 2 aromatic heterocycles. The van der Waals surface area contributed by atoms with Crippen molar-refractivity contribution >= 4 is 28.3 Å². The number of carbonyl (C=O) groups excluding carboxylic acids is 2. The highest BCUT2D eigenvalue weighted by Crippen LogP contribution is 2.28. The first-order chi connectivity index (χ1) is 12.0. The number of aryl methyl sites for hydroxylation is 2. The van der Waals surface area contributed by atoms with Crippen LogP contribution in [0.15, 0.2) is 46.4 Å². The van der Waals surface area contributed by atoms with Gasteiger partial charge in [0.05, 0.1) is 18.5 Å². The van der Waals surface area contributed by atoms with Crippen molar-refractivity contribution in [2.24, 2.45) is 0 Å². The van der Waals surface area contributed by atoms with Gasteiger partial charge in [0.25, 0.3) is 5.91 Å². The molecular weight excluding hydrogens is 338 g/mol. The predicted molar refractivity (Wildman–Crippen MR) is 96.7 cm³/mol. The van der Waals surface area contributed by atoms with Crippen LogP contribution < -0.4 is 10.6 Å². The summed E-state index contributed by atoms with van der Waals surface area (Å²) in [7, 11) is 0. The topological polar surface area (TPSA) is 84.2 Å². The SMILES string of the molecule is Cc1ccc(C)c(-c2csc(NC(=O)CNC(=O)c3ccco3)n2)c1. The third-order valence-electron chi connectivity index (χ3n) is 3.57. The van der Waals surface area contributed by atoms with E-state index in [0.717, 1.165) is 22.4 Å². The van der Waals surface area contributed by atoms with E-state index in [1.807, 2.05) is 25.3 Å². The number of hydrogen-bond acceptors (Lipinski definition) is 5. The van der Waals surface area contributed by atoms with E-state index in [-0.39, 0.29) is 18.2 Å². The lowest BCUT2D eigenvalue weighted by molar-refractivity contribution is -0.115. The van der Waals surface area contributed by atoms with E-state index in [2.05, 4.69) is 27.8 Å². The second-order valence-corrected chi connectivity index (χ2v) is 6.42. The van der Waals surface area contributed by atoms with Gasteiger partial charge in [0.1, 0.15) is 0 Å². The second-order valence-electron chi connectivity index (χ2n) is 5.56. The van der Waals surface area contributed by atoms with Gasteiger partial charge in [0.2, 0.25) is 5.91 Å². The zero-order valence-electron chi connectivity index (χ0n) is 13.8. The first-order valence-corrected chi connectivity index (χ1v) is 8.55. The largest absolute Gasteiger partial charge is 0.459 e. The average molecular weight is 355 g/mol. The molecule has 0 saturated carbocycles. The number of anilines is 1. The van der Waals surface area contributed by atoms with Crippen LogP contribution in [0.2, 0.25) is 0 Å². The van der Waals surface area contributed by atoms with Gasteiger partial charge in [-0.05, 0) is 37.6 Å². The molecule has 0 radical (unpaired) electrons. The third kappa shape index (κ3) is 4.13. The highest BCUT2D eigenvalue weighted by molar-refractivity contribution is 7.14. The molecule has 0 atom stereocenters. The van der Waals surface area contributed by atoms with E-state index >= 15 is 0 Å². The van der Waals surface area contributed by atoms with Crippen molar-refractivity contribution in [1.29, 1.82) is 0 Å². The fourth-order valence-electron chi connectivity index (χ4n) is 2.29. The van der Waals surface area contributed by atoms with Crippen LogP contribution in [-0.4, -0.2) is 23.3 Å². The van der Waals surface area contributed by atoms with E-state index < -0.39 is 5.91 Å². The summed E-state index contributed by atoms with van der Waals surface area (Å²) in [5.74, 6) is -0.614. The molecule has 0 saturated heterocycles. The molecule has 0 aliphatic rings. The maximum Gasteiger partial charge on any atom is 0.287 e. The number of thiazole rings is 1. The van der Waals surface area contributed by atoms with Crippen LogP contribution in [0.25, 0.3) is 11.3 Å². The minimum Gasteiger partial charge on any atom is -0.459 e. The summed E-state index contributed by atoms with van der Waals surface area (Å²) in [6.07, 6.45) is 1.40. The Labute approximate surface area is 148 Å². The molecule has 2 amide bonds. The number of benzene rings is 1. The lowest BCUT2D eigenvalue weighted by Gasteiger charge is -2.04. The average Bonchev–Trinajstić information content (AvgIpc) is 3.26. The van der Waals surface area contributed by atoms with Crippen LogP contribution in [0, 0.1) is 13.8 Å². The van der Waals surface area contributed by atoms with Gasteiger partial charge >= 0.3 is 0 Å². The summed E-state index contributed by atoms with van der Waals surface area (Å²) in [6, 6.07) is 9.31. The third-order valence-corrected chi connectivity index (χ3v) is 4.33. The normalized spacial score (nSPS) is 10.5. The summed E-state index contributed by atoms with van der Waals surface area (Å²) in [5, 5.41) is 7.58. The Bertz CT molecular complexity index is 900. The zero-order valence-corrected chi connectivity index (χ0v) is 14.6. The van der Waals surface area contributed by atoms with Crippen molar-refractivity contribution in [2.75, 3.05) is 11.9 Å². The minimum atomic E-state index is -0.435. The van der Waals surface area contributed by atoms with Crippen molar-refractivity contribution < 1.29 is 14.0 Å². The number of carbonyl (C=O) groups is 2. The Morgan fingerprint density at radius 3 is 2.84 bits per heavy atom. The van der Waals surface area contributed by atoms with Crippen LogP contribution in [0.5, 0.6) is 0 Å². The molecule has 25 heavy (non-hydrogen) atoms. The fraction of sp³-hybridized carbons (Fsp3) is 0.167. The van der Waals surface area contributed by atoms with Gasteiger partial charge in [-0.2, -0.15) is 0 Å². The van der Waals surface area contributed by atoms with Crippen molar-refractivity contribution in [3.63, 3.8) is 0 Å². The van der Waals surface area contributed by atoms with E-state index in [1.165, 1.54) is 23.7 Å². The van der Waals surface area contributed by atoms with Crippen molar-refractivity contribution in [3.05, 3.63) is 58.9 Å². The highest BCUT2D eigenvalue weighted by atomic mass is 32.1. The fourth-order valence-corrected chi connectivity index (χ4v) is 3.01. The van der Waals surface area contributed by atoms with Gasteiger partial charge in [-0.3, -0.25) is 9.59 Å². The maximum atomic E-state index is 12.0. The number of aromatic nitrogens is 1. The summed E-state index contributed by atoms with van der Waals surface area (Å²) in [4.78, 5) is 28.1. The first-order valence-electron chi connectivity index (χ1n) is 7.67. The summed E-state index contributed by atoms with van der Waals surface area (Å²) >= 11 is 1.35. The summed E-state index contributed by atoms with van der Waals surface area (Å²) in [6.45, 7) is 3.90. The highest BCUT2D eigenvalue weighted by Gasteiger charge is 2.12. The quantitative estimate of drug-likeness (QED) is 0.735.